The van der Waals surface area contributed by atoms with Gasteiger partial charge in [-0.15, -0.1) is 0 Å². The first-order valence-electron chi connectivity index (χ1n) is 8.55. The highest BCUT2D eigenvalue weighted by Gasteiger charge is 2.24. The maximum absolute atomic E-state index is 13.8. The molecule has 8 heteroatoms. The fourth-order valence-electron chi connectivity index (χ4n) is 3.09. The molecule has 1 amide bonds. The zero-order valence-electron chi connectivity index (χ0n) is 15.0. The first-order valence-corrected chi connectivity index (χ1v) is 8.55. The van der Waals surface area contributed by atoms with Crippen molar-refractivity contribution in [2.24, 2.45) is 0 Å². The molecule has 0 saturated heterocycles. The molecule has 0 aliphatic rings. The molecule has 4 aromatic rings. The van der Waals surface area contributed by atoms with E-state index in [9.17, 15) is 22.4 Å². The van der Waals surface area contributed by atoms with E-state index < -0.39 is 34.7 Å². The van der Waals surface area contributed by atoms with Crippen LogP contribution >= 0.6 is 0 Å². The molecule has 0 bridgehead atoms. The minimum atomic E-state index is -2.05. The number of anilines is 1. The molecular weight excluding hydrogens is 386 g/mol. The van der Waals surface area contributed by atoms with Crippen LogP contribution in [0.1, 0.15) is 15.9 Å². The summed E-state index contributed by atoms with van der Waals surface area (Å²) in [5.74, 6) is -8.58. The summed E-state index contributed by atoms with van der Waals surface area (Å²) in [4.78, 5) is 12.3. The predicted octanol–water partition coefficient (Wildman–Crippen LogP) is 5.35. The number of benzene rings is 3. The first kappa shape index (κ1) is 18.7. The van der Waals surface area contributed by atoms with Crippen LogP contribution in [0.3, 0.4) is 0 Å². The topological polar surface area (TPSA) is 57.8 Å². The van der Waals surface area contributed by atoms with Gasteiger partial charge in [-0.1, -0.05) is 30.3 Å². The lowest BCUT2D eigenvalue weighted by Crippen LogP contribution is -2.16. The van der Waals surface area contributed by atoms with E-state index >= 15 is 0 Å². The van der Waals surface area contributed by atoms with Crippen LogP contribution in [0.25, 0.3) is 22.0 Å². The smallest absolute Gasteiger partial charge is 0.260 e. The Bertz CT molecular complexity index is 1270. The molecule has 0 fully saturated rings. The van der Waals surface area contributed by atoms with Crippen molar-refractivity contribution >= 4 is 22.6 Å². The minimum Gasteiger partial charge on any atom is -0.304 e. The number of H-pyrrole nitrogens is 1. The number of aromatic nitrogens is 2. The Labute approximate surface area is 162 Å². The van der Waals surface area contributed by atoms with Crippen molar-refractivity contribution in [3.8, 4) is 11.1 Å². The van der Waals surface area contributed by atoms with Crippen LogP contribution in [-0.2, 0) is 0 Å². The molecule has 4 nitrogen and oxygen atoms in total. The van der Waals surface area contributed by atoms with E-state index in [0.29, 0.717) is 17.0 Å². The van der Waals surface area contributed by atoms with Crippen LogP contribution in [-0.4, -0.2) is 16.1 Å². The van der Waals surface area contributed by atoms with Gasteiger partial charge < -0.3 is 5.32 Å². The second kappa shape index (κ2) is 7.05. The normalized spacial score (nSPS) is 11.1. The molecule has 29 heavy (non-hydrogen) atoms. The van der Waals surface area contributed by atoms with Gasteiger partial charge in [-0.3, -0.25) is 9.89 Å². The standard InChI is InChI=1S/C21H13F4N3O/c1-10-4-2-3-5-12(10)11-6-7-13-16(8-11)27-28-20(13)26-21(29)14-9-15(22)18(24)19(25)17(14)23/h2-9H,1H3,(H2,26,27,28,29). The summed E-state index contributed by atoms with van der Waals surface area (Å²) >= 11 is 0. The number of carbonyl (C=O) groups excluding carboxylic acids is 1. The van der Waals surface area contributed by atoms with Crippen LogP contribution in [0.4, 0.5) is 23.4 Å². The molecule has 0 unspecified atom stereocenters. The van der Waals surface area contributed by atoms with E-state index in [4.69, 9.17) is 0 Å². The molecule has 0 saturated carbocycles. The summed E-state index contributed by atoms with van der Waals surface area (Å²) < 4.78 is 53.7. The molecule has 0 aliphatic carbocycles. The van der Waals surface area contributed by atoms with E-state index in [2.05, 4.69) is 15.5 Å². The molecular formula is C21H13F4N3O. The molecule has 4 rings (SSSR count). The van der Waals surface area contributed by atoms with Gasteiger partial charge in [0.25, 0.3) is 5.91 Å². The van der Waals surface area contributed by atoms with Gasteiger partial charge in [0, 0.05) is 5.39 Å². The average molecular weight is 399 g/mol. The molecule has 1 aromatic heterocycles. The Morgan fingerprint density at radius 3 is 2.48 bits per heavy atom. The summed E-state index contributed by atoms with van der Waals surface area (Å²) in [6.45, 7) is 1.98. The molecule has 1 heterocycles. The van der Waals surface area contributed by atoms with Crippen LogP contribution in [0, 0.1) is 30.2 Å². The fourth-order valence-corrected chi connectivity index (χ4v) is 3.09. The largest absolute Gasteiger partial charge is 0.304 e. The summed E-state index contributed by atoms with van der Waals surface area (Å²) in [5.41, 5.74) is 2.66. The van der Waals surface area contributed by atoms with Crippen molar-refractivity contribution in [2.75, 3.05) is 5.32 Å². The van der Waals surface area contributed by atoms with E-state index in [1.165, 1.54) is 0 Å². The van der Waals surface area contributed by atoms with Crippen molar-refractivity contribution in [1.82, 2.24) is 10.2 Å². The summed E-state index contributed by atoms with van der Waals surface area (Å²) in [6, 6.07) is 13.5. The predicted molar refractivity (Wildman–Crippen MR) is 100 cm³/mol. The lowest BCUT2D eigenvalue weighted by molar-refractivity contribution is 0.102. The lowest BCUT2D eigenvalue weighted by atomic mass is 10.00. The molecule has 0 aliphatic heterocycles. The van der Waals surface area contributed by atoms with E-state index in [1.807, 2.05) is 43.3 Å². The Morgan fingerprint density at radius 2 is 1.72 bits per heavy atom. The molecule has 3 aromatic carbocycles. The Balaban J connectivity index is 1.68. The molecule has 0 spiro atoms. The number of amides is 1. The quantitative estimate of drug-likeness (QED) is 0.277. The van der Waals surface area contributed by atoms with Gasteiger partial charge in [-0.05, 0) is 41.8 Å². The molecule has 0 atom stereocenters. The number of fused-ring (bicyclic) bond motifs is 1. The second-order valence-corrected chi connectivity index (χ2v) is 6.45. The van der Waals surface area contributed by atoms with Crippen molar-refractivity contribution in [1.29, 1.82) is 0 Å². The Kier molecular flexibility index (Phi) is 4.54. The molecule has 0 radical (unpaired) electrons. The van der Waals surface area contributed by atoms with Crippen LogP contribution in [0.15, 0.2) is 48.5 Å². The lowest BCUT2D eigenvalue weighted by Gasteiger charge is -2.07. The number of rotatable bonds is 3. The monoisotopic (exact) mass is 399 g/mol. The number of nitrogens with one attached hydrogen (secondary N) is 2. The average Bonchev–Trinajstić information content (AvgIpc) is 3.11. The van der Waals surface area contributed by atoms with Gasteiger partial charge in [0.1, 0.15) is 0 Å². The minimum absolute atomic E-state index is 0.0471. The summed E-state index contributed by atoms with van der Waals surface area (Å²) in [6.07, 6.45) is 0. The summed E-state index contributed by atoms with van der Waals surface area (Å²) in [5, 5.41) is 9.53. The van der Waals surface area contributed by atoms with Gasteiger partial charge in [0.2, 0.25) is 0 Å². The number of carbonyl (C=O) groups is 1. The number of nitrogens with zero attached hydrogens (tertiary/aromatic N) is 1. The maximum atomic E-state index is 13.8. The second-order valence-electron chi connectivity index (χ2n) is 6.45. The van der Waals surface area contributed by atoms with Gasteiger partial charge in [-0.2, -0.15) is 5.10 Å². The number of aryl methyl sites for hydroxylation is 1. The van der Waals surface area contributed by atoms with Gasteiger partial charge in [-0.25, -0.2) is 17.6 Å². The Morgan fingerprint density at radius 1 is 0.966 bits per heavy atom. The third kappa shape index (κ3) is 3.22. The van der Waals surface area contributed by atoms with Crippen LogP contribution in [0.5, 0.6) is 0 Å². The Hall–Kier alpha value is -3.68. The third-order valence-corrected chi connectivity index (χ3v) is 4.60. The van der Waals surface area contributed by atoms with Crippen LogP contribution in [0.2, 0.25) is 0 Å². The van der Waals surface area contributed by atoms with E-state index in [1.54, 1.807) is 6.07 Å². The SMILES string of the molecule is Cc1ccccc1-c1ccc2c(NC(=O)c3cc(F)c(F)c(F)c3F)n[nH]c2c1. The maximum Gasteiger partial charge on any atom is 0.260 e. The third-order valence-electron chi connectivity index (χ3n) is 4.60. The zero-order valence-corrected chi connectivity index (χ0v) is 15.0. The van der Waals surface area contributed by atoms with E-state index in [0.717, 1.165) is 16.7 Å². The number of hydrogen-bond donors (Lipinski definition) is 2. The molecule has 146 valence electrons. The first-order chi connectivity index (χ1) is 13.9. The van der Waals surface area contributed by atoms with Crippen molar-refractivity contribution in [3.63, 3.8) is 0 Å². The number of aromatic amines is 1. The van der Waals surface area contributed by atoms with Crippen molar-refractivity contribution in [2.45, 2.75) is 6.92 Å². The highest BCUT2D eigenvalue weighted by molar-refractivity contribution is 6.08. The van der Waals surface area contributed by atoms with Gasteiger partial charge in [0.05, 0.1) is 11.1 Å². The number of hydrogen-bond acceptors (Lipinski definition) is 2. The van der Waals surface area contributed by atoms with Crippen LogP contribution < -0.4 is 5.32 Å². The summed E-state index contributed by atoms with van der Waals surface area (Å²) in [7, 11) is 0. The highest BCUT2D eigenvalue weighted by atomic mass is 19.2. The van der Waals surface area contributed by atoms with Crippen molar-refractivity contribution < 1.29 is 22.4 Å². The molecule has 2 N–H and O–H groups in total. The fraction of sp³-hybridized carbons (Fsp3) is 0.0476. The zero-order chi connectivity index (χ0) is 20.7. The van der Waals surface area contributed by atoms with E-state index in [-0.39, 0.29) is 5.82 Å². The number of halogens is 4. The van der Waals surface area contributed by atoms with Gasteiger partial charge in [0.15, 0.2) is 29.1 Å². The van der Waals surface area contributed by atoms with Crippen molar-refractivity contribution in [3.05, 3.63) is 82.9 Å². The van der Waals surface area contributed by atoms with Gasteiger partial charge >= 0.3 is 0 Å². The highest BCUT2D eigenvalue weighted by Crippen LogP contribution is 2.29.